The van der Waals surface area contributed by atoms with Crippen molar-refractivity contribution >= 4 is 23.8 Å². The van der Waals surface area contributed by atoms with Crippen molar-refractivity contribution in [3.8, 4) is 0 Å². The third-order valence-electron chi connectivity index (χ3n) is 5.67. The van der Waals surface area contributed by atoms with E-state index >= 15 is 0 Å². The van der Waals surface area contributed by atoms with Gasteiger partial charge in [-0.25, -0.2) is 0 Å². The molecule has 0 aliphatic carbocycles. The summed E-state index contributed by atoms with van der Waals surface area (Å²) >= 11 is 0. The van der Waals surface area contributed by atoms with Crippen LogP contribution >= 0.6 is 0 Å². The number of aryl methyl sites for hydroxylation is 2. The highest BCUT2D eigenvalue weighted by Crippen LogP contribution is 2.17. The Bertz CT molecular complexity index is 882. The van der Waals surface area contributed by atoms with Crippen molar-refractivity contribution in [1.82, 2.24) is 0 Å². The molecule has 0 saturated carbocycles. The average molecular weight is 425 g/mol. The van der Waals surface area contributed by atoms with E-state index in [1.165, 1.54) is 49.7 Å². The highest BCUT2D eigenvalue weighted by Gasteiger charge is 1.96. The first-order valence-electron chi connectivity index (χ1n) is 12.1. The molecule has 2 heteroatoms. The Labute approximate surface area is 194 Å². The maximum absolute atomic E-state index is 4.61. The Morgan fingerprint density at radius 3 is 1.22 bits per heavy atom. The molecule has 0 spiro atoms. The number of rotatable bonds is 12. The second-order valence-corrected chi connectivity index (χ2v) is 8.43. The first-order valence-corrected chi connectivity index (χ1v) is 12.1. The van der Waals surface area contributed by atoms with E-state index in [1.807, 2.05) is 12.4 Å². The topological polar surface area (TPSA) is 24.7 Å². The summed E-state index contributed by atoms with van der Waals surface area (Å²) in [7, 11) is 0. The van der Waals surface area contributed by atoms with Crippen LogP contribution in [0.4, 0.5) is 11.4 Å². The van der Waals surface area contributed by atoms with Crippen molar-refractivity contribution in [2.75, 3.05) is 0 Å². The lowest BCUT2D eigenvalue weighted by atomic mass is 10.1. The smallest absolute Gasteiger partial charge is 0.0630 e. The van der Waals surface area contributed by atoms with Gasteiger partial charge in [0.15, 0.2) is 0 Å². The molecule has 3 aromatic carbocycles. The van der Waals surface area contributed by atoms with Crippen LogP contribution in [0.3, 0.4) is 0 Å². The zero-order chi connectivity index (χ0) is 22.4. The molecule has 0 fully saturated rings. The summed E-state index contributed by atoms with van der Waals surface area (Å²) < 4.78 is 0. The molecular weight excluding hydrogens is 388 g/mol. The van der Waals surface area contributed by atoms with Gasteiger partial charge in [0.05, 0.1) is 11.4 Å². The maximum atomic E-state index is 4.61. The fourth-order valence-electron chi connectivity index (χ4n) is 3.62. The third-order valence-corrected chi connectivity index (χ3v) is 5.67. The predicted octanol–water partition coefficient (Wildman–Crippen LogP) is 8.65. The minimum absolute atomic E-state index is 0.994. The van der Waals surface area contributed by atoms with E-state index < -0.39 is 0 Å². The summed E-state index contributed by atoms with van der Waals surface area (Å²) in [5.74, 6) is 0. The van der Waals surface area contributed by atoms with Crippen LogP contribution in [0.2, 0.25) is 0 Å². The molecular formula is C30H36N2. The summed E-state index contributed by atoms with van der Waals surface area (Å²) in [6, 6.07) is 25.5. The molecule has 0 saturated heterocycles. The van der Waals surface area contributed by atoms with Crippen molar-refractivity contribution in [2.24, 2.45) is 9.98 Å². The van der Waals surface area contributed by atoms with Crippen molar-refractivity contribution in [3.05, 3.63) is 95.1 Å². The molecule has 0 amide bonds. The van der Waals surface area contributed by atoms with Crippen LogP contribution < -0.4 is 0 Å². The number of unbranched alkanes of at least 4 members (excludes halogenated alkanes) is 4. The van der Waals surface area contributed by atoms with Crippen LogP contribution in [0.1, 0.15) is 74.6 Å². The fourth-order valence-corrected chi connectivity index (χ4v) is 3.62. The van der Waals surface area contributed by atoms with Crippen LogP contribution in [-0.2, 0) is 12.8 Å². The van der Waals surface area contributed by atoms with E-state index in [1.54, 1.807) is 0 Å². The number of benzene rings is 3. The van der Waals surface area contributed by atoms with Gasteiger partial charge in [-0.2, -0.15) is 0 Å². The first kappa shape index (κ1) is 23.7. The van der Waals surface area contributed by atoms with E-state index in [0.717, 1.165) is 35.3 Å². The summed E-state index contributed by atoms with van der Waals surface area (Å²) in [5.41, 5.74) is 6.96. The summed E-state index contributed by atoms with van der Waals surface area (Å²) in [6.45, 7) is 4.48. The molecule has 0 radical (unpaired) electrons. The molecule has 166 valence electrons. The molecule has 0 N–H and O–H groups in total. The fraction of sp³-hybridized carbons (Fsp3) is 0.333. The standard InChI is InChI=1S/C30H36N2/c1-3-5-7-9-25-15-19-29(20-16-25)31-23-27-11-13-28(14-12-27)24-32-30-21-17-26(18-22-30)10-8-6-4-2/h11-24H,3-10H2,1-2H3. The van der Waals surface area contributed by atoms with Gasteiger partial charge in [0.25, 0.3) is 0 Å². The van der Waals surface area contributed by atoms with Crippen molar-refractivity contribution < 1.29 is 0 Å². The summed E-state index contributed by atoms with van der Waals surface area (Å²) in [4.78, 5) is 9.23. The van der Waals surface area contributed by atoms with Gasteiger partial charge in [0, 0.05) is 12.4 Å². The highest BCUT2D eigenvalue weighted by molar-refractivity contribution is 5.86. The van der Waals surface area contributed by atoms with Gasteiger partial charge in [-0.1, -0.05) is 88.1 Å². The largest absolute Gasteiger partial charge is 0.256 e. The van der Waals surface area contributed by atoms with Gasteiger partial charge in [0.2, 0.25) is 0 Å². The Hall–Kier alpha value is -3.00. The van der Waals surface area contributed by atoms with Crippen LogP contribution in [-0.4, -0.2) is 12.4 Å². The van der Waals surface area contributed by atoms with Crippen molar-refractivity contribution in [3.63, 3.8) is 0 Å². The summed E-state index contributed by atoms with van der Waals surface area (Å²) in [6.07, 6.45) is 13.8. The van der Waals surface area contributed by atoms with Gasteiger partial charge < -0.3 is 0 Å². The van der Waals surface area contributed by atoms with Gasteiger partial charge in [0.1, 0.15) is 0 Å². The number of aliphatic imine (C=N–C) groups is 2. The predicted molar refractivity (Wildman–Crippen MR) is 140 cm³/mol. The second-order valence-electron chi connectivity index (χ2n) is 8.43. The maximum Gasteiger partial charge on any atom is 0.0630 e. The first-order chi connectivity index (χ1) is 15.8. The molecule has 32 heavy (non-hydrogen) atoms. The third kappa shape index (κ3) is 8.26. The monoisotopic (exact) mass is 424 g/mol. The SMILES string of the molecule is CCCCCc1ccc(N=Cc2ccc(C=Nc3ccc(CCCCC)cc3)cc2)cc1. The minimum atomic E-state index is 0.994. The molecule has 2 nitrogen and oxygen atoms in total. The van der Waals surface area contributed by atoms with E-state index in [4.69, 9.17) is 0 Å². The molecule has 0 unspecified atom stereocenters. The van der Waals surface area contributed by atoms with Gasteiger partial charge in [-0.05, 0) is 72.2 Å². The number of hydrogen-bond donors (Lipinski definition) is 0. The number of hydrogen-bond acceptors (Lipinski definition) is 2. The minimum Gasteiger partial charge on any atom is -0.256 e. The second kappa shape index (κ2) is 13.4. The van der Waals surface area contributed by atoms with Crippen LogP contribution in [0, 0.1) is 0 Å². The van der Waals surface area contributed by atoms with E-state index in [2.05, 4.69) is 96.6 Å². The molecule has 0 aliphatic heterocycles. The molecule has 3 rings (SSSR count). The Morgan fingerprint density at radius 2 is 0.875 bits per heavy atom. The molecule has 0 heterocycles. The highest BCUT2D eigenvalue weighted by atomic mass is 14.7. The van der Waals surface area contributed by atoms with Gasteiger partial charge >= 0.3 is 0 Å². The molecule has 3 aromatic rings. The van der Waals surface area contributed by atoms with Gasteiger partial charge in [-0.3, -0.25) is 9.98 Å². The Morgan fingerprint density at radius 1 is 0.500 bits per heavy atom. The summed E-state index contributed by atoms with van der Waals surface area (Å²) in [5, 5.41) is 0. The lowest BCUT2D eigenvalue weighted by molar-refractivity contribution is 0.717. The van der Waals surface area contributed by atoms with Crippen LogP contribution in [0.15, 0.2) is 82.8 Å². The van der Waals surface area contributed by atoms with E-state index in [0.29, 0.717) is 0 Å². The molecule has 0 atom stereocenters. The van der Waals surface area contributed by atoms with E-state index in [-0.39, 0.29) is 0 Å². The zero-order valence-corrected chi connectivity index (χ0v) is 19.6. The van der Waals surface area contributed by atoms with Gasteiger partial charge in [-0.15, -0.1) is 0 Å². The lowest BCUT2D eigenvalue weighted by Crippen LogP contribution is -1.86. The van der Waals surface area contributed by atoms with E-state index in [9.17, 15) is 0 Å². The molecule has 0 bridgehead atoms. The quantitative estimate of drug-likeness (QED) is 0.205. The molecule has 0 aliphatic rings. The van der Waals surface area contributed by atoms with Crippen molar-refractivity contribution in [2.45, 2.75) is 65.2 Å². The lowest BCUT2D eigenvalue weighted by Gasteiger charge is -2.02. The Kier molecular flexibility index (Phi) is 9.92. The normalized spacial score (nSPS) is 11.6. The number of nitrogens with zero attached hydrogens (tertiary/aromatic N) is 2. The zero-order valence-electron chi connectivity index (χ0n) is 19.6. The average Bonchev–Trinajstić information content (AvgIpc) is 2.84. The Balaban J connectivity index is 1.51. The van der Waals surface area contributed by atoms with Crippen LogP contribution in [0.25, 0.3) is 0 Å². The molecule has 0 aromatic heterocycles. The van der Waals surface area contributed by atoms with Crippen molar-refractivity contribution in [1.29, 1.82) is 0 Å². The van der Waals surface area contributed by atoms with Crippen LogP contribution in [0.5, 0.6) is 0 Å².